The lowest BCUT2D eigenvalue weighted by atomic mass is 10.2. The van der Waals surface area contributed by atoms with Gasteiger partial charge in [0.05, 0.1) is 32.4 Å². The second-order valence-electron chi connectivity index (χ2n) is 7.42. The maximum atomic E-state index is 12.3. The number of amides is 3. The number of hydrazine groups is 1. The summed E-state index contributed by atoms with van der Waals surface area (Å²) >= 11 is 0. The highest BCUT2D eigenvalue weighted by Gasteiger charge is 2.27. The highest BCUT2D eigenvalue weighted by molar-refractivity contribution is 5.95. The molecule has 0 spiro atoms. The van der Waals surface area contributed by atoms with Crippen LogP contribution in [0.4, 0.5) is 5.69 Å². The standard InChI is InChI=1S/C22H29N5O4/c1-3-26(4-2)18-9-7-17(8-10-18)21(29)24-23-20(28)16-25-11-13-27(14-12-25)22(30)19-6-5-15-31-19/h5-10,15H,3-4,11-14,16H2,1-2H3,(H,23,28)(H,24,29)/p+1. The van der Waals surface area contributed by atoms with Gasteiger partial charge in [-0.15, -0.1) is 0 Å². The number of quaternary nitrogens is 1. The van der Waals surface area contributed by atoms with E-state index in [2.05, 4.69) is 29.6 Å². The molecule has 166 valence electrons. The Kier molecular flexibility index (Phi) is 7.66. The zero-order valence-corrected chi connectivity index (χ0v) is 18.0. The van der Waals surface area contributed by atoms with Gasteiger partial charge >= 0.3 is 0 Å². The molecule has 31 heavy (non-hydrogen) atoms. The molecule has 2 aromatic rings. The van der Waals surface area contributed by atoms with Gasteiger partial charge in [-0.05, 0) is 50.2 Å². The monoisotopic (exact) mass is 428 g/mol. The lowest BCUT2D eigenvalue weighted by Crippen LogP contribution is -3.16. The molecule has 1 aromatic carbocycles. The van der Waals surface area contributed by atoms with Gasteiger partial charge in [-0.3, -0.25) is 25.2 Å². The van der Waals surface area contributed by atoms with Gasteiger partial charge < -0.3 is 19.1 Å². The van der Waals surface area contributed by atoms with E-state index in [0.29, 0.717) is 37.5 Å². The average Bonchev–Trinajstić information content (AvgIpc) is 3.34. The molecule has 9 heteroatoms. The number of nitrogens with zero attached hydrogens (tertiary/aromatic N) is 2. The van der Waals surface area contributed by atoms with E-state index in [9.17, 15) is 14.4 Å². The molecule has 1 aliphatic heterocycles. The molecular formula is C22H30N5O4+. The lowest BCUT2D eigenvalue weighted by Gasteiger charge is -2.31. The molecule has 0 unspecified atom stereocenters. The fraction of sp³-hybridized carbons (Fsp3) is 0.409. The van der Waals surface area contributed by atoms with E-state index in [1.807, 2.05) is 12.1 Å². The number of piperazine rings is 1. The summed E-state index contributed by atoms with van der Waals surface area (Å²) in [5, 5.41) is 0. The number of furan rings is 1. The van der Waals surface area contributed by atoms with E-state index >= 15 is 0 Å². The minimum Gasteiger partial charge on any atom is -0.459 e. The molecule has 3 amide bonds. The summed E-state index contributed by atoms with van der Waals surface area (Å²) < 4.78 is 5.16. The van der Waals surface area contributed by atoms with Gasteiger partial charge in [0.2, 0.25) is 0 Å². The summed E-state index contributed by atoms with van der Waals surface area (Å²) in [5.41, 5.74) is 6.48. The van der Waals surface area contributed by atoms with Gasteiger partial charge in [0.25, 0.3) is 17.7 Å². The number of rotatable bonds is 7. The van der Waals surface area contributed by atoms with Gasteiger partial charge in [0, 0.05) is 24.3 Å². The van der Waals surface area contributed by atoms with Crippen LogP contribution in [0, 0.1) is 0 Å². The van der Waals surface area contributed by atoms with Crippen LogP contribution < -0.4 is 20.7 Å². The molecule has 3 rings (SSSR count). The number of carbonyl (C=O) groups is 3. The fourth-order valence-electron chi connectivity index (χ4n) is 3.64. The SMILES string of the molecule is CCN(CC)c1ccc(C(=O)NNC(=O)C[NH+]2CCN(C(=O)c3ccco3)CC2)cc1. The molecular weight excluding hydrogens is 398 g/mol. The van der Waals surface area contributed by atoms with Crippen molar-refractivity contribution in [2.24, 2.45) is 0 Å². The van der Waals surface area contributed by atoms with Crippen molar-refractivity contribution in [1.82, 2.24) is 15.8 Å². The summed E-state index contributed by atoms with van der Waals surface area (Å²) in [5.74, 6) is -0.431. The van der Waals surface area contributed by atoms with E-state index in [1.165, 1.54) is 6.26 Å². The smallest absolute Gasteiger partial charge is 0.293 e. The second kappa shape index (κ2) is 10.6. The first-order valence-electron chi connectivity index (χ1n) is 10.6. The molecule has 2 heterocycles. The summed E-state index contributed by atoms with van der Waals surface area (Å²) in [4.78, 5) is 41.8. The predicted octanol–water partition coefficient (Wildman–Crippen LogP) is -0.0723. The van der Waals surface area contributed by atoms with Crippen molar-refractivity contribution in [3.8, 4) is 0 Å². The van der Waals surface area contributed by atoms with Crippen LogP contribution in [0.1, 0.15) is 34.8 Å². The van der Waals surface area contributed by atoms with Crippen molar-refractivity contribution >= 4 is 23.4 Å². The van der Waals surface area contributed by atoms with Crippen LogP contribution in [-0.2, 0) is 4.79 Å². The van der Waals surface area contributed by atoms with Gasteiger partial charge in [-0.2, -0.15) is 0 Å². The minimum absolute atomic E-state index is 0.132. The Labute approximate surface area is 181 Å². The fourth-order valence-corrected chi connectivity index (χ4v) is 3.64. The van der Waals surface area contributed by atoms with Gasteiger partial charge in [0.15, 0.2) is 12.3 Å². The number of nitrogens with one attached hydrogen (secondary N) is 3. The van der Waals surface area contributed by atoms with E-state index in [-0.39, 0.29) is 24.3 Å². The van der Waals surface area contributed by atoms with E-state index in [4.69, 9.17) is 4.42 Å². The highest BCUT2D eigenvalue weighted by atomic mass is 16.3. The predicted molar refractivity (Wildman–Crippen MR) is 116 cm³/mol. The number of hydrogen-bond donors (Lipinski definition) is 3. The van der Waals surface area contributed by atoms with Gasteiger partial charge in [-0.1, -0.05) is 0 Å². The number of anilines is 1. The quantitative estimate of drug-likeness (QED) is 0.536. The third-order valence-electron chi connectivity index (χ3n) is 5.47. The third kappa shape index (κ3) is 5.85. The van der Waals surface area contributed by atoms with Crippen molar-refractivity contribution in [1.29, 1.82) is 0 Å². The van der Waals surface area contributed by atoms with E-state index < -0.39 is 0 Å². The van der Waals surface area contributed by atoms with Crippen LogP contribution in [0.5, 0.6) is 0 Å². The van der Waals surface area contributed by atoms with Crippen molar-refractivity contribution in [3.63, 3.8) is 0 Å². The normalized spacial score (nSPS) is 14.2. The molecule has 1 aromatic heterocycles. The van der Waals surface area contributed by atoms with Crippen LogP contribution in [0.25, 0.3) is 0 Å². The largest absolute Gasteiger partial charge is 0.459 e. The maximum absolute atomic E-state index is 12.3. The van der Waals surface area contributed by atoms with E-state index in [0.717, 1.165) is 23.7 Å². The third-order valence-corrected chi connectivity index (χ3v) is 5.47. The molecule has 0 saturated carbocycles. The van der Waals surface area contributed by atoms with Crippen LogP contribution in [0.3, 0.4) is 0 Å². The van der Waals surface area contributed by atoms with E-state index in [1.54, 1.807) is 29.2 Å². The minimum atomic E-state index is -0.358. The summed E-state index contributed by atoms with van der Waals surface area (Å²) in [6, 6.07) is 10.6. The van der Waals surface area contributed by atoms with Crippen molar-refractivity contribution in [3.05, 3.63) is 54.0 Å². The lowest BCUT2D eigenvalue weighted by molar-refractivity contribution is -0.896. The number of carbonyl (C=O) groups excluding carboxylic acids is 3. The van der Waals surface area contributed by atoms with Gasteiger partial charge in [0.1, 0.15) is 0 Å². The molecule has 0 bridgehead atoms. The van der Waals surface area contributed by atoms with Crippen molar-refractivity contribution in [2.45, 2.75) is 13.8 Å². The van der Waals surface area contributed by atoms with Crippen LogP contribution in [0.2, 0.25) is 0 Å². The molecule has 0 atom stereocenters. The highest BCUT2D eigenvalue weighted by Crippen LogP contribution is 2.14. The zero-order chi connectivity index (χ0) is 22.2. The average molecular weight is 429 g/mol. The topological polar surface area (TPSA) is 99.3 Å². The molecule has 0 radical (unpaired) electrons. The molecule has 9 nitrogen and oxygen atoms in total. The first-order chi connectivity index (χ1) is 15.0. The molecule has 3 N–H and O–H groups in total. The van der Waals surface area contributed by atoms with Crippen LogP contribution in [-0.4, -0.2) is 68.4 Å². The maximum Gasteiger partial charge on any atom is 0.293 e. The second-order valence-corrected chi connectivity index (χ2v) is 7.42. The summed E-state index contributed by atoms with van der Waals surface area (Å²) in [6.07, 6.45) is 1.48. The van der Waals surface area contributed by atoms with Gasteiger partial charge in [-0.25, -0.2) is 0 Å². The Morgan fingerprint density at radius 2 is 1.71 bits per heavy atom. The zero-order valence-electron chi connectivity index (χ0n) is 18.0. The van der Waals surface area contributed by atoms with Crippen LogP contribution in [0.15, 0.2) is 47.1 Å². The Hall–Kier alpha value is -3.33. The van der Waals surface area contributed by atoms with Crippen molar-refractivity contribution in [2.75, 3.05) is 50.7 Å². The summed E-state index contributed by atoms with van der Waals surface area (Å²) in [7, 11) is 0. The number of hydrogen-bond acceptors (Lipinski definition) is 5. The molecule has 0 aliphatic carbocycles. The Balaban J connectivity index is 1.40. The molecule has 1 aliphatic rings. The van der Waals surface area contributed by atoms with Crippen LogP contribution >= 0.6 is 0 Å². The molecule has 1 fully saturated rings. The molecule has 1 saturated heterocycles. The summed E-state index contributed by atoms with van der Waals surface area (Å²) in [6.45, 7) is 8.58. The number of benzene rings is 1. The van der Waals surface area contributed by atoms with Crippen molar-refractivity contribution < 1.29 is 23.7 Å². The Morgan fingerprint density at radius 3 is 2.29 bits per heavy atom. The first kappa shape index (κ1) is 22.4. The Bertz CT molecular complexity index is 870. The first-order valence-corrected chi connectivity index (χ1v) is 10.6. The Morgan fingerprint density at radius 1 is 1.03 bits per heavy atom.